The van der Waals surface area contributed by atoms with Crippen molar-refractivity contribution in [2.24, 2.45) is 0 Å². The molecule has 8 heteroatoms. The van der Waals surface area contributed by atoms with Gasteiger partial charge in [0, 0.05) is 18.4 Å². The summed E-state index contributed by atoms with van der Waals surface area (Å²) in [6.07, 6.45) is 3.47. The Morgan fingerprint density at radius 2 is 2.17 bits per heavy atom. The number of hydrogen-bond acceptors (Lipinski definition) is 6. The van der Waals surface area contributed by atoms with Gasteiger partial charge in [0.2, 0.25) is 0 Å². The highest BCUT2D eigenvalue weighted by atomic mass is 32.2. The maximum absolute atomic E-state index is 12.4. The Balaban J connectivity index is 2.26. The third-order valence-electron chi connectivity index (χ3n) is 3.37. The van der Waals surface area contributed by atoms with Crippen molar-refractivity contribution in [3.63, 3.8) is 0 Å². The maximum atomic E-state index is 12.4. The Bertz CT molecular complexity index is 763. The zero-order valence-electron chi connectivity index (χ0n) is 13.5. The van der Waals surface area contributed by atoms with Crippen LogP contribution in [0.15, 0.2) is 35.4 Å². The Labute approximate surface area is 143 Å². The maximum Gasteiger partial charge on any atom is 0.285 e. The summed E-state index contributed by atoms with van der Waals surface area (Å²) in [5.74, 6) is -0.145. The van der Waals surface area contributed by atoms with Gasteiger partial charge in [-0.2, -0.15) is 0 Å². The SMILES string of the molecule is COc1cc([N+](=O)[O-])c(C(=O)NCc2ccc(C)nc2)cc1SC. The van der Waals surface area contributed by atoms with Crippen LogP contribution in [0.25, 0.3) is 0 Å². The molecule has 0 aliphatic rings. The van der Waals surface area contributed by atoms with E-state index in [1.807, 2.05) is 25.3 Å². The molecule has 0 unspecified atom stereocenters. The molecule has 2 aromatic rings. The fraction of sp³-hybridized carbons (Fsp3) is 0.250. The number of methoxy groups -OCH3 is 1. The summed E-state index contributed by atoms with van der Waals surface area (Å²) in [4.78, 5) is 27.9. The lowest BCUT2D eigenvalue weighted by atomic mass is 10.1. The van der Waals surface area contributed by atoms with E-state index in [4.69, 9.17) is 4.74 Å². The summed E-state index contributed by atoms with van der Waals surface area (Å²) in [5.41, 5.74) is 1.41. The number of aryl methyl sites for hydroxylation is 1. The van der Waals surface area contributed by atoms with E-state index in [0.717, 1.165) is 11.3 Å². The van der Waals surface area contributed by atoms with Crippen LogP contribution in [0.1, 0.15) is 21.6 Å². The van der Waals surface area contributed by atoms with E-state index < -0.39 is 10.8 Å². The van der Waals surface area contributed by atoms with E-state index >= 15 is 0 Å². The summed E-state index contributed by atoms with van der Waals surface area (Å²) < 4.78 is 5.14. The number of nitrogens with one attached hydrogen (secondary N) is 1. The average molecular weight is 347 g/mol. The predicted octanol–water partition coefficient (Wildman–Crippen LogP) is 2.96. The van der Waals surface area contributed by atoms with Crippen molar-refractivity contribution in [1.82, 2.24) is 10.3 Å². The largest absolute Gasteiger partial charge is 0.495 e. The lowest BCUT2D eigenvalue weighted by molar-refractivity contribution is -0.385. The monoisotopic (exact) mass is 347 g/mol. The van der Waals surface area contributed by atoms with Gasteiger partial charge in [0.15, 0.2) is 0 Å². The standard InChI is InChI=1S/C16H17N3O4S/c1-10-4-5-11(8-17-10)9-18-16(20)12-6-15(24-3)14(23-2)7-13(12)19(21)22/h4-8H,9H2,1-3H3,(H,18,20). The van der Waals surface area contributed by atoms with E-state index in [-0.39, 0.29) is 17.8 Å². The van der Waals surface area contributed by atoms with Crippen molar-refractivity contribution in [2.75, 3.05) is 13.4 Å². The first-order valence-corrected chi connectivity index (χ1v) is 8.29. The fourth-order valence-corrected chi connectivity index (χ4v) is 2.66. The van der Waals surface area contributed by atoms with Crippen molar-refractivity contribution < 1.29 is 14.5 Å². The van der Waals surface area contributed by atoms with E-state index in [2.05, 4.69) is 10.3 Å². The molecule has 0 saturated heterocycles. The molecule has 0 aliphatic heterocycles. The van der Waals surface area contributed by atoms with Crippen LogP contribution < -0.4 is 10.1 Å². The topological polar surface area (TPSA) is 94.4 Å². The van der Waals surface area contributed by atoms with Crippen LogP contribution in [0.4, 0.5) is 5.69 Å². The molecule has 0 radical (unpaired) electrons. The van der Waals surface area contributed by atoms with E-state index in [1.54, 1.807) is 6.20 Å². The second-order valence-corrected chi connectivity index (χ2v) is 5.82. The first-order valence-electron chi connectivity index (χ1n) is 7.06. The third kappa shape index (κ3) is 4.02. The molecule has 1 N–H and O–H groups in total. The number of benzene rings is 1. The molecular formula is C16H17N3O4S. The van der Waals surface area contributed by atoms with Gasteiger partial charge in [-0.25, -0.2) is 0 Å². The van der Waals surface area contributed by atoms with Crippen LogP contribution in [0.3, 0.4) is 0 Å². The lowest BCUT2D eigenvalue weighted by Gasteiger charge is -2.10. The molecule has 1 amide bonds. The number of amides is 1. The predicted molar refractivity (Wildman–Crippen MR) is 91.6 cm³/mol. The summed E-state index contributed by atoms with van der Waals surface area (Å²) >= 11 is 1.35. The molecule has 7 nitrogen and oxygen atoms in total. The molecule has 0 aliphatic carbocycles. The number of carbonyl (C=O) groups is 1. The molecule has 1 aromatic heterocycles. The van der Waals surface area contributed by atoms with Gasteiger partial charge in [0.1, 0.15) is 11.3 Å². The number of rotatable bonds is 6. The zero-order chi connectivity index (χ0) is 17.7. The van der Waals surface area contributed by atoms with Gasteiger partial charge in [-0.15, -0.1) is 11.8 Å². The Kier molecular flexibility index (Phi) is 5.75. The second-order valence-electron chi connectivity index (χ2n) is 4.97. The molecule has 2 rings (SSSR count). The Morgan fingerprint density at radius 3 is 2.71 bits per heavy atom. The minimum Gasteiger partial charge on any atom is -0.495 e. The molecule has 0 spiro atoms. The highest BCUT2D eigenvalue weighted by Gasteiger charge is 2.23. The molecule has 0 bridgehead atoms. The second kappa shape index (κ2) is 7.78. The smallest absolute Gasteiger partial charge is 0.285 e. The van der Waals surface area contributed by atoms with Gasteiger partial charge in [0.05, 0.1) is 23.0 Å². The highest BCUT2D eigenvalue weighted by molar-refractivity contribution is 7.98. The van der Waals surface area contributed by atoms with Crippen molar-refractivity contribution in [3.8, 4) is 5.75 Å². The number of aromatic nitrogens is 1. The molecular weight excluding hydrogens is 330 g/mol. The number of nitro benzene ring substituents is 1. The molecule has 0 fully saturated rings. The fourth-order valence-electron chi connectivity index (χ4n) is 2.08. The number of hydrogen-bond donors (Lipinski definition) is 1. The molecule has 1 aromatic carbocycles. The first-order chi connectivity index (χ1) is 11.5. The number of nitrogens with zero attached hydrogens (tertiary/aromatic N) is 2. The van der Waals surface area contributed by atoms with Crippen LogP contribution in [-0.4, -0.2) is 29.2 Å². The first kappa shape index (κ1) is 17.7. The quantitative estimate of drug-likeness (QED) is 0.490. The van der Waals surface area contributed by atoms with Crippen LogP contribution >= 0.6 is 11.8 Å². The van der Waals surface area contributed by atoms with E-state index in [0.29, 0.717) is 10.6 Å². The molecule has 24 heavy (non-hydrogen) atoms. The minimum absolute atomic E-state index is 0.00483. The van der Waals surface area contributed by atoms with Gasteiger partial charge >= 0.3 is 0 Å². The Morgan fingerprint density at radius 1 is 1.42 bits per heavy atom. The number of thioether (sulfide) groups is 1. The summed E-state index contributed by atoms with van der Waals surface area (Å²) in [6, 6.07) is 6.43. The molecule has 126 valence electrons. The lowest BCUT2D eigenvalue weighted by Crippen LogP contribution is -2.24. The average Bonchev–Trinajstić information content (AvgIpc) is 2.59. The molecule has 0 atom stereocenters. The van der Waals surface area contributed by atoms with Crippen LogP contribution in [0, 0.1) is 17.0 Å². The number of ether oxygens (including phenoxy) is 1. The van der Waals surface area contributed by atoms with Gasteiger partial charge in [-0.05, 0) is 30.9 Å². The normalized spacial score (nSPS) is 10.3. The van der Waals surface area contributed by atoms with Crippen molar-refractivity contribution in [2.45, 2.75) is 18.4 Å². The van der Waals surface area contributed by atoms with Gasteiger partial charge < -0.3 is 10.1 Å². The van der Waals surface area contributed by atoms with Crippen LogP contribution in [0.2, 0.25) is 0 Å². The molecule has 1 heterocycles. The zero-order valence-corrected chi connectivity index (χ0v) is 14.3. The number of pyridine rings is 1. The number of carbonyl (C=O) groups excluding carboxylic acids is 1. The van der Waals surface area contributed by atoms with Crippen LogP contribution in [0.5, 0.6) is 5.75 Å². The van der Waals surface area contributed by atoms with Gasteiger partial charge in [-0.3, -0.25) is 19.9 Å². The summed E-state index contributed by atoms with van der Waals surface area (Å²) in [6.45, 7) is 2.11. The van der Waals surface area contributed by atoms with Crippen molar-refractivity contribution in [1.29, 1.82) is 0 Å². The summed E-state index contributed by atoms with van der Waals surface area (Å²) in [7, 11) is 1.43. The van der Waals surface area contributed by atoms with Crippen molar-refractivity contribution >= 4 is 23.4 Å². The van der Waals surface area contributed by atoms with Gasteiger partial charge in [-0.1, -0.05) is 6.07 Å². The highest BCUT2D eigenvalue weighted by Crippen LogP contribution is 2.34. The van der Waals surface area contributed by atoms with Crippen LogP contribution in [-0.2, 0) is 6.54 Å². The summed E-state index contributed by atoms with van der Waals surface area (Å²) in [5, 5.41) is 13.9. The number of nitro groups is 1. The minimum atomic E-state index is -0.588. The Hall–Kier alpha value is -2.61. The van der Waals surface area contributed by atoms with Crippen molar-refractivity contribution in [3.05, 3.63) is 57.4 Å². The third-order valence-corrected chi connectivity index (χ3v) is 4.13. The van der Waals surface area contributed by atoms with E-state index in [1.165, 1.54) is 31.0 Å². The molecule has 0 saturated carbocycles. The van der Waals surface area contributed by atoms with Gasteiger partial charge in [0.25, 0.3) is 11.6 Å². The van der Waals surface area contributed by atoms with E-state index in [9.17, 15) is 14.9 Å².